The van der Waals surface area contributed by atoms with E-state index >= 15 is 0 Å². The van der Waals surface area contributed by atoms with Crippen molar-refractivity contribution in [2.45, 2.75) is 19.3 Å². The Labute approximate surface area is 123 Å². The molecule has 108 valence electrons. The number of primary amides is 1. The van der Waals surface area contributed by atoms with Gasteiger partial charge in [0.1, 0.15) is 5.82 Å². The fourth-order valence-corrected chi connectivity index (χ4v) is 2.64. The molecule has 0 aromatic carbocycles. The number of nitrogens with two attached hydrogens (primary N) is 1. The number of carbonyl (C=O) groups is 1. The summed E-state index contributed by atoms with van der Waals surface area (Å²) in [7, 11) is 0. The lowest BCUT2D eigenvalue weighted by molar-refractivity contribution is 0.1000. The fraction of sp³-hybridized carbons (Fsp3) is 0.312. The van der Waals surface area contributed by atoms with Gasteiger partial charge in [-0.2, -0.15) is 0 Å². The standard InChI is InChI=1S/C16H18N4O/c17-16(21)14-8-13(10-18-11-14)7-12-3-4-19-15(9-12)20-5-1-2-6-20/h3-4,8-11H,1-2,5-7H2,(H2,17,21). The summed E-state index contributed by atoms with van der Waals surface area (Å²) < 4.78 is 0. The van der Waals surface area contributed by atoms with E-state index in [2.05, 4.69) is 20.9 Å². The van der Waals surface area contributed by atoms with Gasteiger partial charge in [0.05, 0.1) is 5.56 Å². The molecule has 5 heteroatoms. The highest BCUT2D eigenvalue weighted by Crippen LogP contribution is 2.20. The zero-order chi connectivity index (χ0) is 14.7. The Morgan fingerprint density at radius 2 is 2.00 bits per heavy atom. The second-order valence-electron chi connectivity index (χ2n) is 5.34. The van der Waals surface area contributed by atoms with Crippen molar-refractivity contribution in [3.8, 4) is 0 Å². The molecule has 1 amide bonds. The summed E-state index contributed by atoms with van der Waals surface area (Å²) >= 11 is 0. The fourth-order valence-electron chi connectivity index (χ4n) is 2.64. The van der Waals surface area contributed by atoms with Crippen LogP contribution in [0.5, 0.6) is 0 Å². The SMILES string of the molecule is NC(=O)c1cncc(Cc2ccnc(N3CCCC3)c2)c1. The van der Waals surface area contributed by atoms with E-state index in [-0.39, 0.29) is 0 Å². The summed E-state index contributed by atoms with van der Waals surface area (Å²) in [6.45, 7) is 2.16. The molecule has 0 bridgehead atoms. The van der Waals surface area contributed by atoms with Crippen LogP contribution in [0.25, 0.3) is 0 Å². The molecular weight excluding hydrogens is 264 g/mol. The average molecular weight is 282 g/mol. The normalized spacial score (nSPS) is 14.4. The van der Waals surface area contributed by atoms with E-state index in [1.807, 2.05) is 12.3 Å². The van der Waals surface area contributed by atoms with Crippen LogP contribution in [0.3, 0.4) is 0 Å². The number of rotatable bonds is 4. The molecule has 2 aromatic heterocycles. The van der Waals surface area contributed by atoms with E-state index in [0.29, 0.717) is 5.56 Å². The predicted molar refractivity (Wildman–Crippen MR) is 81.2 cm³/mol. The van der Waals surface area contributed by atoms with Crippen molar-refractivity contribution < 1.29 is 4.79 Å². The first-order valence-corrected chi connectivity index (χ1v) is 7.16. The molecule has 2 aromatic rings. The summed E-state index contributed by atoms with van der Waals surface area (Å²) in [4.78, 5) is 22.0. The summed E-state index contributed by atoms with van der Waals surface area (Å²) in [5.74, 6) is 0.584. The third kappa shape index (κ3) is 3.18. The molecule has 0 unspecified atom stereocenters. The molecule has 3 heterocycles. The number of pyridine rings is 2. The average Bonchev–Trinajstić information content (AvgIpc) is 3.02. The molecular formula is C16H18N4O. The zero-order valence-corrected chi connectivity index (χ0v) is 11.8. The molecule has 1 aliphatic rings. The molecule has 0 spiro atoms. The first-order chi connectivity index (χ1) is 10.2. The summed E-state index contributed by atoms with van der Waals surface area (Å²) in [5.41, 5.74) is 7.87. The lowest BCUT2D eigenvalue weighted by Gasteiger charge is -2.16. The molecule has 1 fully saturated rings. The maximum atomic E-state index is 11.2. The Balaban J connectivity index is 1.79. The lowest BCUT2D eigenvalue weighted by Crippen LogP contribution is -2.19. The predicted octanol–water partition coefficient (Wildman–Crippen LogP) is 1.77. The van der Waals surface area contributed by atoms with E-state index in [1.165, 1.54) is 19.0 Å². The van der Waals surface area contributed by atoms with Crippen LogP contribution in [0.15, 0.2) is 36.8 Å². The quantitative estimate of drug-likeness (QED) is 0.927. The summed E-state index contributed by atoms with van der Waals surface area (Å²) in [6, 6.07) is 5.91. The van der Waals surface area contributed by atoms with Crippen molar-refractivity contribution in [3.63, 3.8) is 0 Å². The second kappa shape index (κ2) is 5.91. The van der Waals surface area contributed by atoms with Gasteiger partial charge in [-0.1, -0.05) is 0 Å². The van der Waals surface area contributed by atoms with Crippen LogP contribution in [0.2, 0.25) is 0 Å². The Morgan fingerprint density at radius 1 is 1.19 bits per heavy atom. The van der Waals surface area contributed by atoms with Gasteiger partial charge in [0.2, 0.25) is 5.91 Å². The molecule has 0 radical (unpaired) electrons. The van der Waals surface area contributed by atoms with Crippen molar-refractivity contribution in [2.24, 2.45) is 5.73 Å². The second-order valence-corrected chi connectivity index (χ2v) is 5.34. The third-order valence-electron chi connectivity index (χ3n) is 3.73. The minimum absolute atomic E-state index is 0.446. The van der Waals surface area contributed by atoms with Gasteiger partial charge in [-0.3, -0.25) is 9.78 Å². The Bertz CT molecular complexity index is 650. The molecule has 3 rings (SSSR count). The highest BCUT2D eigenvalue weighted by Gasteiger charge is 2.13. The molecule has 0 atom stereocenters. The minimum atomic E-state index is -0.447. The number of anilines is 1. The lowest BCUT2D eigenvalue weighted by atomic mass is 10.1. The molecule has 2 N–H and O–H groups in total. The highest BCUT2D eigenvalue weighted by atomic mass is 16.1. The highest BCUT2D eigenvalue weighted by molar-refractivity contribution is 5.92. The molecule has 0 aliphatic carbocycles. The smallest absolute Gasteiger partial charge is 0.250 e. The van der Waals surface area contributed by atoms with Crippen LogP contribution in [-0.4, -0.2) is 29.0 Å². The van der Waals surface area contributed by atoms with Gasteiger partial charge in [0, 0.05) is 31.7 Å². The van der Waals surface area contributed by atoms with Gasteiger partial charge in [0.25, 0.3) is 0 Å². The van der Waals surface area contributed by atoms with Crippen LogP contribution in [0.4, 0.5) is 5.82 Å². The third-order valence-corrected chi connectivity index (χ3v) is 3.73. The van der Waals surface area contributed by atoms with Crippen LogP contribution in [0, 0.1) is 0 Å². The monoisotopic (exact) mass is 282 g/mol. The van der Waals surface area contributed by atoms with Gasteiger partial charge in [0.15, 0.2) is 0 Å². The van der Waals surface area contributed by atoms with E-state index in [1.54, 1.807) is 12.3 Å². The number of nitrogens with zero attached hydrogens (tertiary/aromatic N) is 3. The number of carbonyl (C=O) groups excluding carboxylic acids is 1. The van der Waals surface area contributed by atoms with Crippen LogP contribution >= 0.6 is 0 Å². The maximum Gasteiger partial charge on any atom is 0.250 e. The van der Waals surface area contributed by atoms with E-state index in [0.717, 1.165) is 36.5 Å². The van der Waals surface area contributed by atoms with Gasteiger partial charge in [-0.25, -0.2) is 4.98 Å². The first kappa shape index (κ1) is 13.5. The van der Waals surface area contributed by atoms with E-state index in [9.17, 15) is 4.79 Å². The van der Waals surface area contributed by atoms with Crippen molar-refractivity contribution in [2.75, 3.05) is 18.0 Å². The Hall–Kier alpha value is -2.43. The summed E-state index contributed by atoms with van der Waals surface area (Å²) in [6.07, 6.45) is 8.29. The topological polar surface area (TPSA) is 72.1 Å². The van der Waals surface area contributed by atoms with Crippen LogP contribution in [-0.2, 0) is 6.42 Å². The van der Waals surface area contributed by atoms with E-state index < -0.39 is 5.91 Å². The number of hydrogen-bond donors (Lipinski definition) is 1. The Morgan fingerprint density at radius 3 is 2.76 bits per heavy atom. The van der Waals surface area contributed by atoms with Crippen molar-refractivity contribution in [3.05, 3.63) is 53.5 Å². The molecule has 5 nitrogen and oxygen atoms in total. The van der Waals surface area contributed by atoms with Gasteiger partial charge < -0.3 is 10.6 Å². The number of amides is 1. The van der Waals surface area contributed by atoms with Gasteiger partial charge in [-0.15, -0.1) is 0 Å². The molecule has 0 saturated carbocycles. The van der Waals surface area contributed by atoms with E-state index in [4.69, 9.17) is 5.73 Å². The molecule has 1 saturated heterocycles. The number of hydrogen-bond acceptors (Lipinski definition) is 4. The largest absolute Gasteiger partial charge is 0.366 e. The van der Waals surface area contributed by atoms with Gasteiger partial charge in [-0.05, 0) is 48.6 Å². The van der Waals surface area contributed by atoms with Gasteiger partial charge >= 0.3 is 0 Å². The molecule has 1 aliphatic heterocycles. The number of aromatic nitrogens is 2. The minimum Gasteiger partial charge on any atom is -0.366 e. The zero-order valence-electron chi connectivity index (χ0n) is 11.8. The van der Waals surface area contributed by atoms with Crippen molar-refractivity contribution in [1.29, 1.82) is 0 Å². The van der Waals surface area contributed by atoms with Crippen molar-refractivity contribution in [1.82, 2.24) is 9.97 Å². The summed E-state index contributed by atoms with van der Waals surface area (Å²) in [5, 5.41) is 0. The van der Waals surface area contributed by atoms with Crippen LogP contribution in [0.1, 0.15) is 34.3 Å². The van der Waals surface area contributed by atoms with Crippen LogP contribution < -0.4 is 10.6 Å². The first-order valence-electron chi connectivity index (χ1n) is 7.16. The maximum absolute atomic E-state index is 11.2. The van der Waals surface area contributed by atoms with Crippen molar-refractivity contribution >= 4 is 11.7 Å². The Kier molecular flexibility index (Phi) is 3.81. The molecule has 21 heavy (non-hydrogen) atoms.